The number of benzene rings is 4. The SMILES string of the molecule is Cc1ccccc1Cn1c2cc(-c3ccccc3)ccc2c2c(C(N)=O)cccc21. The van der Waals surface area contributed by atoms with Gasteiger partial charge in [-0.2, -0.15) is 0 Å². The van der Waals surface area contributed by atoms with Crippen LogP contribution in [0.3, 0.4) is 0 Å². The number of hydrogen-bond donors (Lipinski definition) is 1. The van der Waals surface area contributed by atoms with Crippen LogP contribution in [0.15, 0.2) is 91.0 Å². The van der Waals surface area contributed by atoms with Gasteiger partial charge in [0.05, 0.1) is 11.0 Å². The van der Waals surface area contributed by atoms with E-state index in [1.54, 1.807) is 0 Å². The van der Waals surface area contributed by atoms with Gasteiger partial charge in [0.25, 0.3) is 0 Å². The van der Waals surface area contributed by atoms with Crippen molar-refractivity contribution >= 4 is 27.7 Å². The minimum Gasteiger partial charge on any atom is -0.366 e. The number of primary amides is 1. The lowest BCUT2D eigenvalue weighted by Crippen LogP contribution is -2.11. The van der Waals surface area contributed by atoms with Crippen molar-refractivity contribution in [2.24, 2.45) is 5.73 Å². The Morgan fingerprint density at radius 1 is 0.800 bits per heavy atom. The molecule has 0 aliphatic rings. The molecule has 0 radical (unpaired) electrons. The molecule has 0 aliphatic carbocycles. The molecule has 0 spiro atoms. The first-order chi connectivity index (χ1) is 14.6. The van der Waals surface area contributed by atoms with E-state index in [1.165, 1.54) is 16.7 Å². The van der Waals surface area contributed by atoms with Crippen molar-refractivity contribution in [1.82, 2.24) is 4.57 Å². The Labute approximate surface area is 175 Å². The second-order valence-electron chi connectivity index (χ2n) is 7.67. The van der Waals surface area contributed by atoms with Crippen molar-refractivity contribution in [3.8, 4) is 11.1 Å². The maximum atomic E-state index is 12.2. The summed E-state index contributed by atoms with van der Waals surface area (Å²) in [5, 5.41) is 1.97. The van der Waals surface area contributed by atoms with Crippen LogP contribution in [0.25, 0.3) is 32.9 Å². The maximum Gasteiger partial charge on any atom is 0.249 e. The lowest BCUT2D eigenvalue weighted by Gasteiger charge is -2.11. The third-order valence-electron chi connectivity index (χ3n) is 5.85. The Morgan fingerprint density at radius 3 is 2.33 bits per heavy atom. The lowest BCUT2D eigenvalue weighted by molar-refractivity contribution is 0.100. The number of nitrogens with two attached hydrogens (primary N) is 1. The summed E-state index contributed by atoms with van der Waals surface area (Å²) in [6, 6.07) is 31.0. The van der Waals surface area contributed by atoms with E-state index < -0.39 is 5.91 Å². The van der Waals surface area contributed by atoms with Gasteiger partial charge < -0.3 is 10.3 Å². The monoisotopic (exact) mass is 390 g/mol. The number of nitrogens with zero attached hydrogens (tertiary/aromatic N) is 1. The van der Waals surface area contributed by atoms with E-state index in [9.17, 15) is 4.79 Å². The molecule has 3 nitrogen and oxygen atoms in total. The zero-order chi connectivity index (χ0) is 20.7. The fourth-order valence-corrected chi connectivity index (χ4v) is 4.29. The zero-order valence-corrected chi connectivity index (χ0v) is 16.8. The first-order valence-corrected chi connectivity index (χ1v) is 10.1. The van der Waals surface area contributed by atoms with Crippen LogP contribution in [0.2, 0.25) is 0 Å². The molecule has 0 saturated heterocycles. The molecule has 1 amide bonds. The van der Waals surface area contributed by atoms with Crippen LogP contribution < -0.4 is 5.73 Å². The lowest BCUT2D eigenvalue weighted by atomic mass is 10.0. The van der Waals surface area contributed by atoms with Crippen LogP contribution in [0.1, 0.15) is 21.5 Å². The van der Waals surface area contributed by atoms with Crippen molar-refractivity contribution < 1.29 is 4.79 Å². The van der Waals surface area contributed by atoms with E-state index in [1.807, 2.05) is 30.3 Å². The smallest absolute Gasteiger partial charge is 0.249 e. The zero-order valence-electron chi connectivity index (χ0n) is 16.8. The molecule has 146 valence electrons. The fraction of sp³-hybridized carbons (Fsp3) is 0.0741. The average Bonchev–Trinajstić information content (AvgIpc) is 3.09. The topological polar surface area (TPSA) is 48.0 Å². The number of fused-ring (bicyclic) bond motifs is 3. The summed E-state index contributed by atoms with van der Waals surface area (Å²) in [7, 11) is 0. The maximum absolute atomic E-state index is 12.2. The molecule has 4 aromatic carbocycles. The second kappa shape index (κ2) is 7.20. The van der Waals surface area contributed by atoms with Gasteiger partial charge >= 0.3 is 0 Å². The summed E-state index contributed by atoms with van der Waals surface area (Å²) in [6.07, 6.45) is 0. The Kier molecular flexibility index (Phi) is 4.36. The van der Waals surface area contributed by atoms with E-state index >= 15 is 0 Å². The Morgan fingerprint density at radius 2 is 1.57 bits per heavy atom. The highest BCUT2D eigenvalue weighted by Gasteiger charge is 2.17. The van der Waals surface area contributed by atoms with Crippen molar-refractivity contribution in [3.63, 3.8) is 0 Å². The van der Waals surface area contributed by atoms with E-state index in [2.05, 4.69) is 72.2 Å². The first kappa shape index (κ1) is 18.2. The van der Waals surface area contributed by atoms with Crippen LogP contribution in [0, 0.1) is 6.92 Å². The van der Waals surface area contributed by atoms with Gasteiger partial charge in [-0.05, 0) is 47.4 Å². The largest absolute Gasteiger partial charge is 0.366 e. The quantitative estimate of drug-likeness (QED) is 0.407. The molecule has 0 saturated carbocycles. The molecule has 5 aromatic rings. The van der Waals surface area contributed by atoms with Gasteiger partial charge in [-0.25, -0.2) is 0 Å². The van der Waals surface area contributed by atoms with Crippen LogP contribution in [0.4, 0.5) is 0 Å². The number of carbonyl (C=O) groups excluding carboxylic acids is 1. The van der Waals surface area contributed by atoms with Crippen LogP contribution in [0.5, 0.6) is 0 Å². The van der Waals surface area contributed by atoms with Gasteiger partial charge in [0.2, 0.25) is 5.91 Å². The minimum atomic E-state index is -0.400. The van der Waals surface area contributed by atoms with Gasteiger partial charge in [0, 0.05) is 22.9 Å². The van der Waals surface area contributed by atoms with Crippen LogP contribution >= 0.6 is 0 Å². The van der Waals surface area contributed by atoms with E-state index in [-0.39, 0.29) is 0 Å². The summed E-state index contributed by atoms with van der Waals surface area (Å²) in [5.74, 6) is -0.400. The third-order valence-corrected chi connectivity index (χ3v) is 5.85. The van der Waals surface area contributed by atoms with Crippen molar-refractivity contribution in [3.05, 3.63) is 108 Å². The van der Waals surface area contributed by atoms with Gasteiger partial charge in [-0.15, -0.1) is 0 Å². The predicted octanol–water partition coefficient (Wildman–Crippen LogP) is 5.92. The van der Waals surface area contributed by atoms with E-state index in [4.69, 9.17) is 5.73 Å². The number of rotatable bonds is 4. The minimum absolute atomic E-state index is 0.400. The Hall–Kier alpha value is -3.85. The fourth-order valence-electron chi connectivity index (χ4n) is 4.29. The van der Waals surface area contributed by atoms with Crippen molar-refractivity contribution in [2.75, 3.05) is 0 Å². The van der Waals surface area contributed by atoms with Crippen LogP contribution in [-0.2, 0) is 6.54 Å². The summed E-state index contributed by atoms with van der Waals surface area (Å²) < 4.78 is 2.30. The average molecular weight is 390 g/mol. The highest BCUT2D eigenvalue weighted by molar-refractivity contribution is 6.18. The normalized spacial score (nSPS) is 11.2. The van der Waals surface area contributed by atoms with E-state index in [0.29, 0.717) is 5.56 Å². The van der Waals surface area contributed by atoms with Gasteiger partial charge in [-0.3, -0.25) is 4.79 Å². The van der Waals surface area contributed by atoms with Crippen molar-refractivity contribution in [2.45, 2.75) is 13.5 Å². The second-order valence-corrected chi connectivity index (χ2v) is 7.67. The highest BCUT2D eigenvalue weighted by atomic mass is 16.1. The molecule has 0 unspecified atom stereocenters. The molecule has 5 rings (SSSR count). The van der Waals surface area contributed by atoms with Crippen LogP contribution in [-0.4, -0.2) is 10.5 Å². The number of aromatic nitrogens is 1. The molecule has 30 heavy (non-hydrogen) atoms. The molecule has 0 aliphatic heterocycles. The number of aryl methyl sites for hydroxylation is 1. The molecule has 1 heterocycles. The number of carbonyl (C=O) groups is 1. The summed E-state index contributed by atoms with van der Waals surface area (Å²) >= 11 is 0. The summed E-state index contributed by atoms with van der Waals surface area (Å²) in [6.45, 7) is 2.86. The Bertz CT molecular complexity index is 1400. The predicted molar refractivity (Wildman–Crippen MR) is 124 cm³/mol. The standard InChI is InChI=1S/C27H22N2O/c1-18-8-5-6-11-21(18)17-29-24-13-7-12-23(27(28)30)26(24)22-15-14-20(16-25(22)29)19-9-3-2-4-10-19/h2-16H,17H2,1H3,(H2,28,30). The number of amides is 1. The molecular weight excluding hydrogens is 368 g/mol. The summed E-state index contributed by atoms with van der Waals surface area (Å²) in [5.41, 5.74) is 13.2. The molecule has 1 aromatic heterocycles. The summed E-state index contributed by atoms with van der Waals surface area (Å²) in [4.78, 5) is 12.2. The molecule has 0 bridgehead atoms. The van der Waals surface area contributed by atoms with Crippen molar-refractivity contribution in [1.29, 1.82) is 0 Å². The third kappa shape index (κ3) is 2.96. The Balaban J connectivity index is 1.83. The highest BCUT2D eigenvalue weighted by Crippen LogP contribution is 2.35. The molecular formula is C27H22N2O. The van der Waals surface area contributed by atoms with E-state index in [0.717, 1.165) is 33.9 Å². The van der Waals surface area contributed by atoms with Gasteiger partial charge in [-0.1, -0.05) is 72.8 Å². The first-order valence-electron chi connectivity index (χ1n) is 10.1. The molecule has 0 atom stereocenters. The molecule has 0 fully saturated rings. The number of hydrogen-bond acceptors (Lipinski definition) is 1. The van der Waals surface area contributed by atoms with Gasteiger partial charge in [0.1, 0.15) is 0 Å². The molecule has 3 heteroatoms. The van der Waals surface area contributed by atoms with Gasteiger partial charge in [0.15, 0.2) is 0 Å². The molecule has 2 N–H and O–H groups in total.